The van der Waals surface area contributed by atoms with Gasteiger partial charge in [0.15, 0.2) is 10.7 Å². The van der Waals surface area contributed by atoms with E-state index in [9.17, 15) is 17.6 Å². The fourth-order valence-electron chi connectivity index (χ4n) is 5.63. The average molecular weight is 572 g/mol. The number of amides is 1. The number of benzene rings is 1. The van der Waals surface area contributed by atoms with Crippen LogP contribution >= 0.6 is 11.3 Å². The summed E-state index contributed by atoms with van der Waals surface area (Å²) in [6.07, 6.45) is 9.41. The lowest BCUT2D eigenvalue weighted by Crippen LogP contribution is -2.47. The maximum Gasteiger partial charge on any atom is 0.248 e. The zero-order chi connectivity index (χ0) is 27.4. The van der Waals surface area contributed by atoms with E-state index >= 15 is 0 Å². The number of aromatic nitrogens is 1. The second-order valence-corrected chi connectivity index (χ2v) is 13.2. The Kier molecular flexibility index (Phi) is 8.64. The van der Waals surface area contributed by atoms with Gasteiger partial charge in [-0.15, -0.1) is 11.3 Å². The highest BCUT2D eigenvalue weighted by Crippen LogP contribution is 2.32. The van der Waals surface area contributed by atoms with Crippen LogP contribution in [0.25, 0.3) is 12.2 Å². The van der Waals surface area contributed by atoms with Gasteiger partial charge in [-0.05, 0) is 62.3 Å². The van der Waals surface area contributed by atoms with Gasteiger partial charge in [0.25, 0.3) is 0 Å². The van der Waals surface area contributed by atoms with Gasteiger partial charge in [-0.3, -0.25) is 4.79 Å². The van der Waals surface area contributed by atoms with Crippen LogP contribution in [-0.4, -0.2) is 47.8 Å². The summed E-state index contributed by atoms with van der Waals surface area (Å²) in [4.78, 5) is 17.0. The Hall–Kier alpha value is -2.82. The van der Waals surface area contributed by atoms with E-state index < -0.39 is 15.8 Å². The molecule has 1 amide bonds. The molecule has 2 aliphatic rings. The summed E-state index contributed by atoms with van der Waals surface area (Å²) in [6.45, 7) is 2.70. The van der Waals surface area contributed by atoms with Crippen LogP contribution in [0, 0.1) is 18.7 Å². The number of nitrogens with zero attached hydrogens (tertiary/aromatic N) is 3. The third kappa shape index (κ3) is 6.18. The fraction of sp³-hybridized carbons (Fsp3) is 0.448. The van der Waals surface area contributed by atoms with Gasteiger partial charge in [-0.1, -0.05) is 48.7 Å². The number of carbonyl (C=O) groups is 1. The van der Waals surface area contributed by atoms with Crippen LogP contribution in [0.5, 0.6) is 0 Å². The number of aryl methyl sites for hydroxylation is 1. The number of sulfonamides is 1. The maximum atomic E-state index is 14.1. The SMILES string of the molecule is Cc1noc(C=Cc2ccccc2F)c1S(=O)(=O)N1CCC(C(=O)N(Cc2cccs2)C2CCCCC2)CC1. The summed E-state index contributed by atoms with van der Waals surface area (Å²) >= 11 is 1.66. The van der Waals surface area contributed by atoms with Crippen molar-refractivity contribution < 1.29 is 22.1 Å². The summed E-state index contributed by atoms with van der Waals surface area (Å²) in [7, 11) is -3.92. The number of hydrogen-bond donors (Lipinski definition) is 0. The van der Waals surface area contributed by atoms with Crippen LogP contribution in [-0.2, 0) is 21.4 Å². The largest absolute Gasteiger partial charge is 0.355 e. The van der Waals surface area contributed by atoms with Gasteiger partial charge in [0, 0.05) is 35.5 Å². The minimum Gasteiger partial charge on any atom is -0.355 e. The smallest absolute Gasteiger partial charge is 0.248 e. The molecule has 3 aromatic rings. The van der Waals surface area contributed by atoms with E-state index in [4.69, 9.17) is 4.52 Å². The quantitative estimate of drug-likeness (QED) is 0.326. The summed E-state index contributed by atoms with van der Waals surface area (Å²) < 4.78 is 48.1. The van der Waals surface area contributed by atoms with Gasteiger partial charge >= 0.3 is 0 Å². The highest BCUT2D eigenvalue weighted by Gasteiger charge is 2.38. The number of rotatable bonds is 8. The minimum absolute atomic E-state index is 0.0126. The molecule has 0 N–H and O–H groups in total. The van der Waals surface area contributed by atoms with Crippen molar-refractivity contribution >= 4 is 39.4 Å². The number of carbonyl (C=O) groups excluding carboxylic acids is 1. The molecule has 1 aromatic carbocycles. The van der Waals surface area contributed by atoms with Crippen LogP contribution in [0.1, 0.15) is 66.8 Å². The number of hydrogen-bond acceptors (Lipinski definition) is 6. The Morgan fingerprint density at radius 1 is 1.10 bits per heavy atom. The molecule has 0 atom stereocenters. The van der Waals surface area contributed by atoms with E-state index in [2.05, 4.69) is 16.1 Å². The van der Waals surface area contributed by atoms with Crippen LogP contribution in [0.2, 0.25) is 0 Å². The van der Waals surface area contributed by atoms with Crippen molar-refractivity contribution in [1.82, 2.24) is 14.4 Å². The molecular formula is C29H34FN3O4S2. The Labute approximate surface area is 233 Å². The van der Waals surface area contributed by atoms with Gasteiger partial charge in [-0.2, -0.15) is 4.31 Å². The zero-order valence-corrected chi connectivity index (χ0v) is 23.7. The number of piperidine rings is 1. The first-order valence-corrected chi connectivity index (χ1v) is 15.9. The highest BCUT2D eigenvalue weighted by atomic mass is 32.2. The van der Waals surface area contributed by atoms with Crippen molar-refractivity contribution in [2.24, 2.45) is 5.92 Å². The van der Waals surface area contributed by atoms with Gasteiger partial charge in [0.2, 0.25) is 15.9 Å². The Morgan fingerprint density at radius 2 is 1.85 bits per heavy atom. The van der Waals surface area contributed by atoms with Crippen molar-refractivity contribution in [2.75, 3.05) is 13.1 Å². The van der Waals surface area contributed by atoms with E-state index in [0.717, 1.165) is 25.7 Å². The van der Waals surface area contributed by atoms with E-state index in [-0.39, 0.29) is 47.3 Å². The second-order valence-electron chi connectivity index (χ2n) is 10.3. The monoisotopic (exact) mass is 571 g/mol. The van der Waals surface area contributed by atoms with Crippen LogP contribution in [0.4, 0.5) is 4.39 Å². The van der Waals surface area contributed by atoms with Gasteiger partial charge in [0.05, 0.1) is 6.54 Å². The molecule has 2 fully saturated rings. The Bertz CT molecular complexity index is 1400. The molecule has 208 valence electrons. The van der Waals surface area contributed by atoms with Crippen molar-refractivity contribution in [3.63, 3.8) is 0 Å². The fourth-order valence-corrected chi connectivity index (χ4v) is 8.05. The van der Waals surface area contributed by atoms with Gasteiger partial charge in [0.1, 0.15) is 11.5 Å². The summed E-state index contributed by atoms with van der Waals surface area (Å²) in [5.41, 5.74) is 0.570. The molecule has 3 heterocycles. The first-order valence-electron chi connectivity index (χ1n) is 13.6. The predicted molar refractivity (Wildman–Crippen MR) is 150 cm³/mol. The zero-order valence-electron chi connectivity index (χ0n) is 22.1. The molecule has 10 heteroatoms. The molecule has 1 saturated carbocycles. The molecule has 0 radical (unpaired) electrons. The molecule has 1 saturated heterocycles. The molecule has 1 aliphatic carbocycles. The topological polar surface area (TPSA) is 83.7 Å². The van der Waals surface area contributed by atoms with E-state index in [1.54, 1.807) is 36.5 Å². The molecule has 39 heavy (non-hydrogen) atoms. The average Bonchev–Trinajstić information content (AvgIpc) is 3.61. The normalized spacial score (nSPS) is 18.1. The van der Waals surface area contributed by atoms with Crippen LogP contribution in [0.15, 0.2) is 51.2 Å². The van der Waals surface area contributed by atoms with E-state index in [0.29, 0.717) is 24.9 Å². The first kappa shape index (κ1) is 27.7. The molecule has 1 aliphatic heterocycles. The summed E-state index contributed by atoms with van der Waals surface area (Å²) in [6, 6.07) is 10.6. The first-order chi connectivity index (χ1) is 18.8. The lowest BCUT2D eigenvalue weighted by molar-refractivity contribution is -0.140. The Balaban J connectivity index is 1.29. The molecule has 0 spiro atoms. The third-order valence-corrected chi connectivity index (χ3v) is 10.7. The lowest BCUT2D eigenvalue weighted by atomic mass is 9.91. The van der Waals surface area contributed by atoms with Crippen molar-refractivity contribution in [3.8, 4) is 0 Å². The standard InChI is InChI=1S/C29H34FN3O4S2/c1-21-28(27(37-31-21)14-13-22-8-5-6-12-26(22)30)39(35,36)32-17-15-23(16-18-32)29(34)33(20-25-11-7-19-38-25)24-9-3-2-4-10-24/h5-8,11-14,19,23-24H,2-4,9-10,15-18,20H2,1H3. The van der Waals surface area contributed by atoms with Gasteiger partial charge < -0.3 is 9.42 Å². The van der Waals surface area contributed by atoms with Crippen LogP contribution < -0.4 is 0 Å². The molecule has 7 nitrogen and oxygen atoms in total. The van der Waals surface area contributed by atoms with E-state index in [1.807, 2.05) is 11.4 Å². The number of thiophene rings is 1. The third-order valence-electron chi connectivity index (χ3n) is 7.76. The number of halogens is 1. The predicted octanol–water partition coefficient (Wildman–Crippen LogP) is 6.12. The molecule has 0 unspecified atom stereocenters. The van der Waals surface area contributed by atoms with Gasteiger partial charge in [-0.25, -0.2) is 12.8 Å². The highest BCUT2D eigenvalue weighted by molar-refractivity contribution is 7.89. The van der Waals surface area contributed by atoms with Crippen molar-refractivity contribution in [2.45, 2.75) is 69.4 Å². The van der Waals surface area contributed by atoms with Crippen LogP contribution in [0.3, 0.4) is 0 Å². The molecular weight excluding hydrogens is 537 g/mol. The minimum atomic E-state index is -3.92. The molecule has 0 bridgehead atoms. The molecule has 2 aromatic heterocycles. The van der Waals surface area contributed by atoms with Crippen molar-refractivity contribution in [3.05, 3.63) is 69.5 Å². The Morgan fingerprint density at radius 3 is 2.54 bits per heavy atom. The maximum absolute atomic E-state index is 14.1. The van der Waals surface area contributed by atoms with E-state index in [1.165, 1.54) is 33.8 Å². The second kappa shape index (κ2) is 12.1. The summed E-state index contributed by atoms with van der Waals surface area (Å²) in [5.74, 6) is -0.416. The van der Waals surface area contributed by atoms with Crippen molar-refractivity contribution in [1.29, 1.82) is 0 Å². The molecule has 5 rings (SSSR count). The summed E-state index contributed by atoms with van der Waals surface area (Å²) in [5, 5.41) is 5.92. The lowest BCUT2D eigenvalue weighted by Gasteiger charge is -2.38.